The Morgan fingerprint density at radius 2 is 2.07 bits per heavy atom. The van der Waals surface area contributed by atoms with E-state index in [0.717, 1.165) is 34.5 Å². The number of nitrogens with one attached hydrogen (secondary N) is 1. The lowest BCUT2D eigenvalue weighted by Crippen LogP contribution is -2.14. The number of aryl methyl sites for hydroxylation is 1. The van der Waals surface area contributed by atoms with E-state index in [1.54, 1.807) is 7.11 Å². The summed E-state index contributed by atoms with van der Waals surface area (Å²) in [6, 6.07) is 7.90. The summed E-state index contributed by atoms with van der Waals surface area (Å²) in [6.45, 7) is 4.69. The Bertz CT molecular complexity index is 905. The molecule has 3 rings (SSSR count). The van der Waals surface area contributed by atoms with Crippen LogP contribution < -0.4 is 10.1 Å². The summed E-state index contributed by atoms with van der Waals surface area (Å²) in [5.41, 5.74) is 2.03. The molecule has 142 valence electrons. The standard InChI is InChI=1S/C18H21N5O2S2/c1-4-23-15(9-13-5-7-14(25-3)8-6-13)21-22-18(23)27-11-16(24)20-17-19-12(2)10-26-17/h5-8,10H,4,9,11H2,1-3H3,(H,19,20,24). The molecule has 1 aromatic carbocycles. The molecular formula is C18H21N5O2S2. The molecule has 9 heteroatoms. The van der Waals surface area contributed by atoms with Crippen LogP contribution in [-0.4, -0.2) is 38.5 Å². The van der Waals surface area contributed by atoms with Gasteiger partial charge in [0.25, 0.3) is 0 Å². The number of methoxy groups -OCH3 is 1. The molecule has 3 aromatic rings. The van der Waals surface area contributed by atoms with Gasteiger partial charge < -0.3 is 14.6 Å². The Morgan fingerprint density at radius 3 is 2.70 bits per heavy atom. The summed E-state index contributed by atoms with van der Waals surface area (Å²) in [6.07, 6.45) is 0.677. The van der Waals surface area contributed by atoms with E-state index in [0.29, 0.717) is 11.6 Å². The zero-order valence-electron chi connectivity index (χ0n) is 15.4. The fourth-order valence-electron chi connectivity index (χ4n) is 2.50. The number of hydrogen-bond donors (Lipinski definition) is 1. The van der Waals surface area contributed by atoms with Gasteiger partial charge in [-0.1, -0.05) is 23.9 Å². The van der Waals surface area contributed by atoms with Crippen LogP contribution in [0.3, 0.4) is 0 Å². The Morgan fingerprint density at radius 1 is 1.30 bits per heavy atom. The number of thiazole rings is 1. The number of aromatic nitrogens is 4. The van der Waals surface area contributed by atoms with Gasteiger partial charge in [0.1, 0.15) is 11.6 Å². The smallest absolute Gasteiger partial charge is 0.236 e. The number of hydrogen-bond acceptors (Lipinski definition) is 7. The first-order valence-electron chi connectivity index (χ1n) is 8.48. The second-order valence-corrected chi connectivity index (χ2v) is 7.60. The number of thioether (sulfide) groups is 1. The van der Waals surface area contributed by atoms with E-state index in [4.69, 9.17) is 4.74 Å². The van der Waals surface area contributed by atoms with Gasteiger partial charge in [0.2, 0.25) is 5.91 Å². The molecule has 2 aromatic heterocycles. The van der Waals surface area contributed by atoms with E-state index in [9.17, 15) is 4.79 Å². The first kappa shape index (κ1) is 19.4. The summed E-state index contributed by atoms with van der Waals surface area (Å²) in [4.78, 5) is 16.4. The lowest BCUT2D eigenvalue weighted by molar-refractivity contribution is -0.113. The van der Waals surface area contributed by atoms with Crippen LogP contribution in [0.25, 0.3) is 0 Å². The van der Waals surface area contributed by atoms with E-state index in [1.165, 1.54) is 23.1 Å². The Labute approximate surface area is 166 Å². The van der Waals surface area contributed by atoms with Gasteiger partial charge in [-0.15, -0.1) is 21.5 Å². The quantitative estimate of drug-likeness (QED) is 0.581. The highest BCUT2D eigenvalue weighted by Crippen LogP contribution is 2.21. The largest absolute Gasteiger partial charge is 0.497 e. The second kappa shape index (κ2) is 9.01. The molecule has 27 heavy (non-hydrogen) atoms. The predicted octanol–water partition coefficient (Wildman–Crippen LogP) is 3.39. The molecule has 0 unspecified atom stereocenters. The maximum atomic E-state index is 12.1. The topological polar surface area (TPSA) is 81.9 Å². The van der Waals surface area contributed by atoms with Crippen LogP contribution in [-0.2, 0) is 17.8 Å². The van der Waals surface area contributed by atoms with Gasteiger partial charge in [-0.3, -0.25) is 4.79 Å². The number of amides is 1. The average Bonchev–Trinajstić information content (AvgIpc) is 3.26. The molecule has 0 aliphatic carbocycles. The molecule has 0 radical (unpaired) electrons. The minimum absolute atomic E-state index is 0.100. The highest BCUT2D eigenvalue weighted by atomic mass is 32.2. The SMILES string of the molecule is CCn1c(Cc2ccc(OC)cc2)nnc1SCC(=O)Nc1nc(C)cs1. The Hall–Kier alpha value is -2.39. The summed E-state index contributed by atoms with van der Waals surface area (Å²) < 4.78 is 7.23. The highest BCUT2D eigenvalue weighted by Gasteiger charge is 2.14. The fraction of sp³-hybridized carbons (Fsp3) is 0.333. The van der Waals surface area contributed by atoms with E-state index >= 15 is 0 Å². The van der Waals surface area contributed by atoms with Gasteiger partial charge in [-0.05, 0) is 31.5 Å². The minimum Gasteiger partial charge on any atom is -0.497 e. The molecule has 0 bridgehead atoms. The van der Waals surface area contributed by atoms with Crippen LogP contribution in [0.1, 0.15) is 24.0 Å². The Balaban J connectivity index is 1.61. The van der Waals surface area contributed by atoms with Gasteiger partial charge in [-0.2, -0.15) is 0 Å². The van der Waals surface area contributed by atoms with Crippen LogP contribution in [0.15, 0.2) is 34.8 Å². The number of anilines is 1. The molecule has 0 spiro atoms. The number of benzene rings is 1. The maximum absolute atomic E-state index is 12.1. The lowest BCUT2D eigenvalue weighted by atomic mass is 10.1. The lowest BCUT2D eigenvalue weighted by Gasteiger charge is -2.08. The van der Waals surface area contributed by atoms with E-state index in [1.807, 2.05) is 48.1 Å². The molecule has 0 aliphatic rings. The van der Waals surface area contributed by atoms with Gasteiger partial charge in [-0.25, -0.2) is 4.98 Å². The van der Waals surface area contributed by atoms with Crippen LogP contribution in [0.2, 0.25) is 0 Å². The molecular weight excluding hydrogens is 382 g/mol. The molecule has 2 heterocycles. The van der Waals surface area contributed by atoms with Crippen molar-refractivity contribution in [1.82, 2.24) is 19.7 Å². The van der Waals surface area contributed by atoms with Crippen LogP contribution >= 0.6 is 23.1 Å². The molecule has 0 atom stereocenters. The summed E-state index contributed by atoms with van der Waals surface area (Å²) in [5, 5.41) is 14.6. The third-order valence-electron chi connectivity index (χ3n) is 3.83. The number of ether oxygens (including phenoxy) is 1. The molecule has 1 N–H and O–H groups in total. The zero-order valence-corrected chi connectivity index (χ0v) is 17.1. The fourth-order valence-corrected chi connectivity index (χ4v) is 4.02. The van der Waals surface area contributed by atoms with Crippen LogP contribution in [0, 0.1) is 6.92 Å². The molecule has 0 fully saturated rings. The number of nitrogens with zero attached hydrogens (tertiary/aromatic N) is 4. The normalized spacial score (nSPS) is 10.8. The number of rotatable bonds is 8. The average molecular weight is 404 g/mol. The van der Waals surface area contributed by atoms with Gasteiger partial charge in [0.15, 0.2) is 10.3 Å². The van der Waals surface area contributed by atoms with Crippen molar-refractivity contribution in [2.75, 3.05) is 18.2 Å². The predicted molar refractivity (Wildman–Crippen MR) is 108 cm³/mol. The van der Waals surface area contributed by atoms with Crippen molar-refractivity contribution in [3.05, 3.63) is 46.7 Å². The van der Waals surface area contributed by atoms with Gasteiger partial charge in [0, 0.05) is 18.3 Å². The first-order valence-corrected chi connectivity index (χ1v) is 10.4. The monoisotopic (exact) mass is 403 g/mol. The van der Waals surface area contributed by atoms with Crippen molar-refractivity contribution in [3.63, 3.8) is 0 Å². The minimum atomic E-state index is -0.100. The van der Waals surface area contributed by atoms with Crippen LogP contribution in [0.5, 0.6) is 5.75 Å². The van der Waals surface area contributed by atoms with Crippen molar-refractivity contribution in [1.29, 1.82) is 0 Å². The highest BCUT2D eigenvalue weighted by molar-refractivity contribution is 7.99. The molecule has 1 amide bonds. The summed E-state index contributed by atoms with van der Waals surface area (Å²) in [7, 11) is 1.65. The Kier molecular flexibility index (Phi) is 6.46. The van der Waals surface area contributed by atoms with E-state index in [-0.39, 0.29) is 11.7 Å². The van der Waals surface area contributed by atoms with Crippen molar-refractivity contribution in [3.8, 4) is 5.75 Å². The molecule has 0 saturated carbocycles. The van der Waals surface area contributed by atoms with Crippen molar-refractivity contribution in [2.24, 2.45) is 0 Å². The third kappa shape index (κ3) is 5.08. The van der Waals surface area contributed by atoms with Crippen LogP contribution in [0.4, 0.5) is 5.13 Å². The van der Waals surface area contributed by atoms with Gasteiger partial charge in [0.05, 0.1) is 18.6 Å². The van der Waals surface area contributed by atoms with E-state index in [2.05, 4.69) is 20.5 Å². The van der Waals surface area contributed by atoms with Crippen molar-refractivity contribution >= 4 is 34.1 Å². The third-order valence-corrected chi connectivity index (χ3v) is 5.67. The second-order valence-electron chi connectivity index (χ2n) is 5.80. The summed E-state index contributed by atoms with van der Waals surface area (Å²) >= 11 is 2.80. The first-order chi connectivity index (χ1) is 13.1. The van der Waals surface area contributed by atoms with Crippen molar-refractivity contribution in [2.45, 2.75) is 32.0 Å². The number of carbonyl (C=O) groups is 1. The maximum Gasteiger partial charge on any atom is 0.236 e. The number of carbonyl (C=O) groups excluding carboxylic acids is 1. The molecule has 0 aliphatic heterocycles. The summed E-state index contributed by atoms with van der Waals surface area (Å²) in [5.74, 6) is 1.87. The van der Waals surface area contributed by atoms with Crippen molar-refractivity contribution < 1.29 is 9.53 Å². The zero-order chi connectivity index (χ0) is 19.2. The molecule has 7 nitrogen and oxygen atoms in total. The van der Waals surface area contributed by atoms with E-state index < -0.39 is 0 Å². The molecule has 0 saturated heterocycles. The van der Waals surface area contributed by atoms with Gasteiger partial charge >= 0.3 is 0 Å².